The maximum Gasteiger partial charge on any atom is 0.354 e. The molecule has 0 bridgehead atoms. The van der Waals surface area contributed by atoms with Crippen LogP contribution >= 0.6 is 11.8 Å². The summed E-state index contributed by atoms with van der Waals surface area (Å²) >= 11 is 0.927. The van der Waals surface area contributed by atoms with Crippen molar-refractivity contribution in [2.24, 2.45) is 0 Å². The molecule has 1 aliphatic heterocycles. The second-order valence-electron chi connectivity index (χ2n) is 8.16. The minimum absolute atomic E-state index is 0.0503. The van der Waals surface area contributed by atoms with E-state index in [1.807, 2.05) is 0 Å². The molecular weight excluding hydrogens is 452 g/mol. The van der Waals surface area contributed by atoms with Crippen LogP contribution in [-0.2, 0) is 5.41 Å². The van der Waals surface area contributed by atoms with Gasteiger partial charge in [-0.25, -0.2) is 13.6 Å². The first-order chi connectivity index (χ1) is 15.6. The summed E-state index contributed by atoms with van der Waals surface area (Å²) in [5.74, 6) is -1.56. The first-order valence-corrected chi connectivity index (χ1v) is 10.7. The zero-order valence-electron chi connectivity index (χ0n) is 17.7. The van der Waals surface area contributed by atoms with Gasteiger partial charge in [0.25, 0.3) is 5.56 Å². The molecule has 0 fully saturated rings. The number of aromatic hydroxyl groups is 1. The maximum atomic E-state index is 14.7. The first kappa shape index (κ1) is 21.3. The van der Waals surface area contributed by atoms with Crippen LogP contribution in [0.15, 0.2) is 66.3 Å². The molecule has 1 aliphatic rings. The van der Waals surface area contributed by atoms with Crippen LogP contribution in [0.3, 0.4) is 0 Å². The lowest BCUT2D eigenvalue weighted by Crippen LogP contribution is -2.24. The van der Waals surface area contributed by atoms with Crippen molar-refractivity contribution in [3.63, 3.8) is 0 Å². The lowest BCUT2D eigenvalue weighted by molar-refractivity contribution is 0.414. The van der Waals surface area contributed by atoms with Gasteiger partial charge in [-0.15, -0.1) is 0 Å². The van der Waals surface area contributed by atoms with Crippen LogP contribution in [0.25, 0.3) is 16.7 Å². The Labute approximate surface area is 190 Å². The number of rotatable bonds is 3. The molecule has 6 nitrogen and oxygen atoms in total. The van der Waals surface area contributed by atoms with Crippen LogP contribution in [0.4, 0.5) is 8.78 Å². The molecule has 2 aromatic heterocycles. The number of halogens is 2. The van der Waals surface area contributed by atoms with Crippen LogP contribution in [0.5, 0.6) is 11.5 Å². The molecular formula is C24H17F2NO5S. The zero-order valence-corrected chi connectivity index (χ0v) is 18.5. The van der Waals surface area contributed by atoms with E-state index in [1.165, 1.54) is 13.2 Å². The minimum Gasteiger partial charge on any atom is -0.505 e. The summed E-state index contributed by atoms with van der Waals surface area (Å²) in [5.41, 5.74) is -2.19. The minimum atomic E-state index is -1.01. The topological polar surface area (TPSA) is 81.7 Å². The fraction of sp³-hybridized carbons (Fsp3) is 0.167. The fourth-order valence-electron chi connectivity index (χ4n) is 4.28. The second-order valence-corrected chi connectivity index (χ2v) is 9.24. The molecule has 0 spiro atoms. The summed E-state index contributed by atoms with van der Waals surface area (Å²) < 4.78 is 40.4. The third-order valence-corrected chi connectivity index (χ3v) is 6.90. The third kappa shape index (κ3) is 3.06. The average Bonchev–Trinajstić information content (AvgIpc) is 2.98. The zero-order chi connectivity index (χ0) is 23.7. The van der Waals surface area contributed by atoms with E-state index in [0.717, 1.165) is 28.5 Å². The monoisotopic (exact) mass is 469 g/mol. The van der Waals surface area contributed by atoms with Crippen molar-refractivity contribution >= 4 is 22.7 Å². The SMILES string of the molecule is COc1ccc(Sc2c(O)c3c(=O)n4c(cc3oc2=O)C(C)(C)c2c(F)cc(F)cc2-4)cc1. The maximum absolute atomic E-state index is 14.7. The average molecular weight is 469 g/mol. The fourth-order valence-corrected chi connectivity index (χ4v) is 5.11. The van der Waals surface area contributed by atoms with Gasteiger partial charge in [0.15, 0.2) is 5.75 Å². The number of ether oxygens (including phenoxy) is 1. The third-order valence-electron chi connectivity index (χ3n) is 5.83. The highest BCUT2D eigenvalue weighted by atomic mass is 32.2. The number of hydrogen-bond donors (Lipinski definition) is 1. The van der Waals surface area contributed by atoms with Gasteiger partial charge in [-0.3, -0.25) is 9.36 Å². The molecule has 1 N–H and O–H groups in total. The van der Waals surface area contributed by atoms with Crippen LogP contribution in [0, 0.1) is 11.6 Å². The van der Waals surface area contributed by atoms with Gasteiger partial charge < -0.3 is 14.3 Å². The molecule has 33 heavy (non-hydrogen) atoms. The second kappa shape index (κ2) is 7.21. The molecule has 0 atom stereocenters. The van der Waals surface area contributed by atoms with Crippen molar-refractivity contribution in [1.29, 1.82) is 0 Å². The summed E-state index contributed by atoms with van der Waals surface area (Å²) in [7, 11) is 1.52. The Bertz CT molecular complexity index is 1570. The normalized spacial score (nSPS) is 13.7. The summed E-state index contributed by atoms with van der Waals surface area (Å²) in [4.78, 5) is 26.6. The Balaban J connectivity index is 1.77. The van der Waals surface area contributed by atoms with Crippen molar-refractivity contribution in [2.45, 2.75) is 29.1 Å². The van der Waals surface area contributed by atoms with E-state index in [1.54, 1.807) is 38.1 Å². The summed E-state index contributed by atoms with van der Waals surface area (Å²) in [5, 5.41) is 10.7. The predicted molar refractivity (Wildman–Crippen MR) is 119 cm³/mol. The Morgan fingerprint density at radius 2 is 1.79 bits per heavy atom. The van der Waals surface area contributed by atoms with Gasteiger partial charge in [0, 0.05) is 33.7 Å². The number of methoxy groups -OCH3 is 1. The summed E-state index contributed by atoms with van der Waals surface area (Å²) in [6, 6.07) is 10.00. The van der Waals surface area contributed by atoms with Gasteiger partial charge in [-0.1, -0.05) is 25.6 Å². The predicted octanol–water partition coefficient (Wildman–Crippen LogP) is 4.73. The van der Waals surface area contributed by atoms with E-state index in [0.29, 0.717) is 16.3 Å². The molecule has 3 heterocycles. The largest absolute Gasteiger partial charge is 0.505 e. The van der Waals surface area contributed by atoms with Crippen LogP contribution in [-0.4, -0.2) is 16.8 Å². The van der Waals surface area contributed by atoms with Gasteiger partial charge in [0.2, 0.25) is 0 Å². The van der Waals surface area contributed by atoms with E-state index in [-0.39, 0.29) is 27.1 Å². The first-order valence-electron chi connectivity index (χ1n) is 9.91. The molecule has 5 rings (SSSR count). The van der Waals surface area contributed by atoms with E-state index in [4.69, 9.17) is 9.15 Å². The molecule has 168 valence electrons. The molecule has 4 aromatic rings. The van der Waals surface area contributed by atoms with Gasteiger partial charge >= 0.3 is 5.63 Å². The van der Waals surface area contributed by atoms with E-state index in [2.05, 4.69) is 0 Å². The van der Waals surface area contributed by atoms with Crippen molar-refractivity contribution in [2.75, 3.05) is 7.11 Å². The molecule has 0 radical (unpaired) electrons. The van der Waals surface area contributed by atoms with E-state index < -0.39 is 34.0 Å². The molecule has 0 amide bonds. The molecule has 0 saturated carbocycles. The molecule has 2 aromatic carbocycles. The number of hydrogen-bond acceptors (Lipinski definition) is 6. The molecule has 0 aliphatic carbocycles. The van der Waals surface area contributed by atoms with Gasteiger partial charge in [-0.05, 0) is 30.3 Å². The smallest absolute Gasteiger partial charge is 0.354 e. The van der Waals surface area contributed by atoms with Crippen molar-refractivity contribution in [3.05, 3.63) is 86.1 Å². The van der Waals surface area contributed by atoms with Crippen LogP contribution in [0.2, 0.25) is 0 Å². The van der Waals surface area contributed by atoms with Gasteiger partial charge in [-0.2, -0.15) is 0 Å². The Morgan fingerprint density at radius 1 is 1.09 bits per heavy atom. The Kier molecular flexibility index (Phi) is 4.65. The van der Waals surface area contributed by atoms with Crippen molar-refractivity contribution < 1.29 is 23.0 Å². The highest BCUT2D eigenvalue weighted by Crippen LogP contribution is 2.45. The standard InChI is InChI=1S/C24H17F2NO5S/c1-24(2)17-10-16-18(22(29)27(17)15-9-11(25)8-14(26)19(15)24)20(28)21(23(30)32-16)33-13-6-4-12(31-3)5-7-13/h4-10,28H,1-3H3. The summed E-state index contributed by atoms with van der Waals surface area (Å²) in [6.45, 7) is 3.37. The number of aromatic nitrogens is 1. The van der Waals surface area contributed by atoms with Gasteiger partial charge in [0.1, 0.15) is 33.2 Å². The molecule has 0 unspecified atom stereocenters. The van der Waals surface area contributed by atoms with Crippen molar-refractivity contribution in [1.82, 2.24) is 4.57 Å². The van der Waals surface area contributed by atoms with E-state index in [9.17, 15) is 23.5 Å². The van der Waals surface area contributed by atoms with Gasteiger partial charge in [0.05, 0.1) is 12.8 Å². The Hall–Kier alpha value is -3.59. The number of fused-ring (bicyclic) bond motifs is 4. The van der Waals surface area contributed by atoms with E-state index >= 15 is 0 Å². The quantitative estimate of drug-likeness (QED) is 0.467. The molecule has 9 heteroatoms. The lowest BCUT2D eigenvalue weighted by atomic mass is 9.83. The summed E-state index contributed by atoms with van der Waals surface area (Å²) in [6.07, 6.45) is 0. The number of nitrogens with zero attached hydrogens (tertiary/aromatic N) is 1. The van der Waals surface area contributed by atoms with Crippen LogP contribution < -0.4 is 15.9 Å². The van der Waals surface area contributed by atoms with Crippen molar-refractivity contribution in [3.8, 4) is 17.2 Å². The Morgan fingerprint density at radius 3 is 2.45 bits per heavy atom. The lowest BCUT2D eigenvalue weighted by Gasteiger charge is -2.20. The molecule has 0 saturated heterocycles. The highest BCUT2D eigenvalue weighted by molar-refractivity contribution is 7.99. The van der Waals surface area contributed by atoms with Crippen LogP contribution in [0.1, 0.15) is 25.1 Å². The highest BCUT2D eigenvalue weighted by Gasteiger charge is 2.41. The number of pyridine rings is 1. The number of benzene rings is 2.